The molecule has 0 atom stereocenters. The fourth-order valence-electron chi connectivity index (χ4n) is 16.7. The van der Waals surface area contributed by atoms with E-state index >= 15 is 0 Å². The first kappa shape index (κ1) is 63.7. The molecule has 0 saturated heterocycles. The highest BCUT2D eigenvalue weighted by Gasteiger charge is 2.22. The minimum atomic E-state index is 0.699. The van der Waals surface area contributed by atoms with Gasteiger partial charge in [0.15, 0.2) is 11.6 Å². The summed E-state index contributed by atoms with van der Waals surface area (Å²) in [6.07, 6.45) is 0. The van der Waals surface area contributed by atoms with E-state index in [9.17, 15) is 0 Å². The van der Waals surface area contributed by atoms with Gasteiger partial charge in [0.1, 0.15) is 0 Å². The van der Waals surface area contributed by atoms with Gasteiger partial charge < -0.3 is 9.13 Å². The molecule has 6 heteroatoms. The van der Waals surface area contributed by atoms with E-state index in [1.165, 1.54) is 126 Å². The molecule has 18 aromatic carbocycles. The van der Waals surface area contributed by atoms with Crippen molar-refractivity contribution in [3.05, 3.63) is 400 Å². The molecule has 22 aromatic rings. The number of benzene rings is 18. The van der Waals surface area contributed by atoms with Gasteiger partial charge in [0.05, 0.1) is 44.5 Å². The Balaban J connectivity index is 0.000000140. The molecule has 0 aliphatic heterocycles. The summed E-state index contributed by atoms with van der Waals surface area (Å²) in [6, 6.07) is 143. The van der Waals surface area contributed by atoms with Crippen LogP contribution in [0, 0.1) is 0 Å². The first-order valence-electron chi connectivity index (χ1n) is 37.5. The summed E-state index contributed by atoms with van der Waals surface area (Å²) in [5, 5.41) is 17.1. The zero-order valence-corrected chi connectivity index (χ0v) is 59.8. The summed E-state index contributed by atoms with van der Waals surface area (Å²) in [5.41, 5.74) is 24.1. The van der Waals surface area contributed by atoms with Gasteiger partial charge in [-0.1, -0.05) is 334 Å². The van der Waals surface area contributed by atoms with E-state index in [1.54, 1.807) is 0 Å². The Labute approximate surface area is 635 Å². The first-order valence-corrected chi connectivity index (χ1v) is 37.5. The minimum absolute atomic E-state index is 0.699. The van der Waals surface area contributed by atoms with Crippen LogP contribution in [-0.4, -0.2) is 29.1 Å². The number of aromatic nitrogens is 6. The van der Waals surface area contributed by atoms with Gasteiger partial charge in [0.25, 0.3) is 0 Å². The highest BCUT2D eigenvalue weighted by molar-refractivity contribution is 6.30. The molecule has 0 unspecified atom stereocenters. The lowest BCUT2D eigenvalue weighted by atomic mass is 9.97. The van der Waals surface area contributed by atoms with E-state index < -0.39 is 0 Å². The third kappa shape index (κ3) is 11.1. The molecule has 0 radical (unpaired) electrons. The maximum Gasteiger partial charge on any atom is 0.160 e. The summed E-state index contributed by atoms with van der Waals surface area (Å²) in [4.78, 5) is 20.9. The SMILES string of the molecule is c1ccc(-c2ccc(-c3ccc(-c4nc(-c5cccc(-n6c7ccc8ccccc8c7c7c8ccccc8ccc76)c5)nc5ccccc45)cc3)cc2)cc1.c1ccc(-c2ccc(-c3cccc(-c4nc(-c5cccc(-n6c7ccc8ccccc8c7c7c8ccccc8ccc76)c5)nc5ccccc45)c3)cc2)cc1. The molecular formula is C104H66N6. The van der Waals surface area contributed by atoms with Crippen LogP contribution in [0.5, 0.6) is 0 Å². The molecule has 0 aliphatic rings. The van der Waals surface area contributed by atoms with E-state index in [4.69, 9.17) is 19.9 Å². The Morgan fingerprint density at radius 3 is 0.818 bits per heavy atom. The summed E-state index contributed by atoms with van der Waals surface area (Å²) in [5.74, 6) is 1.40. The summed E-state index contributed by atoms with van der Waals surface area (Å²) >= 11 is 0. The number of fused-ring (bicyclic) bond motifs is 16. The lowest BCUT2D eigenvalue weighted by Crippen LogP contribution is -1.98. The maximum atomic E-state index is 5.34. The predicted molar refractivity (Wildman–Crippen MR) is 461 cm³/mol. The van der Waals surface area contributed by atoms with Crippen LogP contribution < -0.4 is 0 Å². The van der Waals surface area contributed by atoms with Crippen LogP contribution in [0.3, 0.4) is 0 Å². The van der Waals surface area contributed by atoms with Crippen LogP contribution in [0.1, 0.15) is 0 Å². The van der Waals surface area contributed by atoms with Crippen LogP contribution in [-0.2, 0) is 0 Å². The van der Waals surface area contributed by atoms with Crippen molar-refractivity contribution in [1.82, 2.24) is 29.1 Å². The van der Waals surface area contributed by atoms with Crippen LogP contribution in [0.4, 0.5) is 0 Å². The molecular weight excluding hydrogens is 1330 g/mol. The van der Waals surface area contributed by atoms with E-state index in [0.29, 0.717) is 11.6 Å². The second-order valence-corrected chi connectivity index (χ2v) is 28.4. The van der Waals surface area contributed by atoms with Crippen molar-refractivity contribution in [3.8, 4) is 101 Å². The van der Waals surface area contributed by atoms with Gasteiger partial charge in [-0.15, -0.1) is 0 Å². The Morgan fingerprint density at radius 1 is 0.164 bits per heavy atom. The van der Waals surface area contributed by atoms with Crippen molar-refractivity contribution in [3.63, 3.8) is 0 Å². The van der Waals surface area contributed by atoms with Gasteiger partial charge >= 0.3 is 0 Å². The van der Waals surface area contributed by atoms with E-state index in [1.807, 2.05) is 6.07 Å². The molecule has 0 bridgehead atoms. The number of nitrogens with zero attached hydrogens (tertiary/aromatic N) is 6. The fourth-order valence-corrected chi connectivity index (χ4v) is 16.7. The Hall–Kier alpha value is -14.7. The Kier molecular flexibility index (Phi) is 15.5. The maximum absolute atomic E-state index is 5.34. The molecule has 0 saturated carbocycles. The highest BCUT2D eigenvalue weighted by Crippen LogP contribution is 2.45. The quantitative estimate of drug-likeness (QED) is 0.137. The van der Waals surface area contributed by atoms with E-state index in [2.05, 4.69) is 403 Å². The molecule has 4 aromatic heterocycles. The van der Waals surface area contributed by atoms with Gasteiger partial charge in [0, 0.05) is 65.9 Å². The molecule has 0 spiro atoms. The first-order chi connectivity index (χ1) is 54.5. The van der Waals surface area contributed by atoms with Crippen LogP contribution >= 0.6 is 0 Å². The summed E-state index contributed by atoms with van der Waals surface area (Å²) < 4.78 is 4.81. The van der Waals surface area contributed by atoms with Crippen molar-refractivity contribution in [2.75, 3.05) is 0 Å². The molecule has 22 rings (SSSR count). The Bertz CT molecular complexity index is 7180. The smallest absolute Gasteiger partial charge is 0.160 e. The van der Waals surface area contributed by atoms with Crippen LogP contribution in [0.2, 0.25) is 0 Å². The van der Waals surface area contributed by atoms with Crippen LogP contribution in [0.15, 0.2) is 400 Å². The topological polar surface area (TPSA) is 61.4 Å². The van der Waals surface area contributed by atoms with Crippen molar-refractivity contribution in [2.24, 2.45) is 0 Å². The Morgan fingerprint density at radius 2 is 0.436 bits per heavy atom. The number of hydrogen-bond acceptors (Lipinski definition) is 4. The average Bonchev–Trinajstić information content (AvgIpc) is 1.56. The molecule has 512 valence electrons. The average molecular weight is 1400 g/mol. The van der Waals surface area contributed by atoms with Gasteiger partial charge in [-0.2, -0.15) is 0 Å². The minimum Gasteiger partial charge on any atom is -0.309 e. The van der Waals surface area contributed by atoms with E-state index in [0.717, 1.165) is 72.4 Å². The summed E-state index contributed by atoms with van der Waals surface area (Å²) in [7, 11) is 0. The third-order valence-corrected chi connectivity index (χ3v) is 22.0. The van der Waals surface area contributed by atoms with Crippen molar-refractivity contribution in [2.45, 2.75) is 0 Å². The molecule has 0 aliphatic carbocycles. The molecule has 0 amide bonds. The number of hydrogen-bond donors (Lipinski definition) is 0. The fraction of sp³-hybridized carbons (Fsp3) is 0. The molecule has 4 heterocycles. The van der Waals surface area contributed by atoms with Crippen molar-refractivity contribution < 1.29 is 0 Å². The van der Waals surface area contributed by atoms with Gasteiger partial charge in [-0.05, 0) is 154 Å². The summed E-state index contributed by atoms with van der Waals surface area (Å²) in [6.45, 7) is 0. The zero-order valence-electron chi connectivity index (χ0n) is 59.8. The molecule has 110 heavy (non-hydrogen) atoms. The third-order valence-electron chi connectivity index (χ3n) is 22.0. The van der Waals surface area contributed by atoms with Crippen LogP contribution in [0.25, 0.3) is 210 Å². The van der Waals surface area contributed by atoms with Gasteiger partial charge in [-0.3, -0.25) is 0 Å². The van der Waals surface area contributed by atoms with Crippen molar-refractivity contribution >= 4 is 109 Å². The molecule has 6 nitrogen and oxygen atoms in total. The number of rotatable bonds is 10. The van der Waals surface area contributed by atoms with Gasteiger partial charge in [-0.25, -0.2) is 19.9 Å². The highest BCUT2D eigenvalue weighted by atomic mass is 15.0. The van der Waals surface area contributed by atoms with E-state index in [-0.39, 0.29) is 0 Å². The number of para-hydroxylation sites is 2. The van der Waals surface area contributed by atoms with Gasteiger partial charge in [0.2, 0.25) is 0 Å². The predicted octanol–water partition coefficient (Wildman–Crippen LogP) is 27.4. The zero-order chi connectivity index (χ0) is 72.6. The lowest BCUT2D eigenvalue weighted by molar-refractivity contribution is 1.17. The second kappa shape index (κ2) is 26.7. The van der Waals surface area contributed by atoms with Crippen molar-refractivity contribution in [1.29, 1.82) is 0 Å². The normalized spacial score (nSPS) is 11.6. The lowest BCUT2D eigenvalue weighted by Gasteiger charge is -2.13. The second-order valence-electron chi connectivity index (χ2n) is 28.4. The molecule has 0 N–H and O–H groups in total. The molecule has 0 fully saturated rings. The standard InChI is InChI=1S/2C52H33N3/c1-2-12-34(13-3-1)35-24-26-36(27-25-35)39-16-10-17-40(32-39)51-45-22-8-9-23-46(45)53-52(54-51)41-18-11-19-42(33-41)55-47-30-28-37-14-4-6-20-43(37)49(47)50-44-21-7-5-15-38(44)29-31-48(50)55;1-2-11-34(12-3-1)35-21-23-36(24-22-35)37-25-27-40(28-26-37)51-45-19-8-9-20-46(45)53-52(54-51)41-15-10-16-42(33-41)55-47-31-29-38-13-4-6-17-43(38)49(47)50-44-18-7-5-14-39(44)30-32-48(50)55/h2*1-33H. The monoisotopic (exact) mass is 1400 g/mol. The largest absolute Gasteiger partial charge is 0.309 e.